The molecular weight excluding hydrogens is 380 g/mol. The summed E-state index contributed by atoms with van der Waals surface area (Å²) in [4.78, 5) is 17.0. The van der Waals surface area contributed by atoms with Crippen molar-refractivity contribution < 1.29 is 9.53 Å². The lowest BCUT2D eigenvalue weighted by Gasteiger charge is -2.06. The fourth-order valence-electron chi connectivity index (χ4n) is 3.36. The number of nitrogens with zero attached hydrogens (tertiary/aromatic N) is 5. The number of ether oxygens (including phenoxy) is 1. The Kier molecular flexibility index (Phi) is 5.22. The smallest absolute Gasteiger partial charge is 0.271 e. The number of rotatable bonds is 6. The third-order valence-electron chi connectivity index (χ3n) is 5.33. The maximum atomic E-state index is 12.6. The molecule has 8 heteroatoms. The predicted molar refractivity (Wildman–Crippen MR) is 114 cm³/mol. The van der Waals surface area contributed by atoms with Crippen molar-refractivity contribution >= 4 is 11.6 Å². The lowest BCUT2D eigenvalue weighted by molar-refractivity contribution is 0.0946. The Morgan fingerprint density at radius 1 is 1.10 bits per heavy atom. The fraction of sp³-hybridized carbons (Fsp3) is 0.273. The van der Waals surface area contributed by atoms with Gasteiger partial charge in [0.2, 0.25) is 0 Å². The van der Waals surface area contributed by atoms with E-state index in [0.29, 0.717) is 24.4 Å². The molecule has 0 bridgehead atoms. The summed E-state index contributed by atoms with van der Waals surface area (Å²) in [6.45, 7) is 7.14. The lowest BCUT2D eigenvalue weighted by atomic mass is 10.1. The van der Waals surface area contributed by atoms with Crippen molar-refractivity contribution in [1.29, 1.82) is 0 Å². The molecule has 0 spiro atoms. The number of amides is 1. The molecule has 0 atom stereocenters. The van der Waals surface area contributed by atoms with E-state index in [9.17, 15) is 4.79 Å². The molecule has 30 heavy (non-hydrogen) atoms. The summed E-state index contributed by atoms with van der Waals surface area (Å²) >= 11 is 0. The molecule has 3 aromatic heterocycles. The van der Waals surface area contributed by atoms with Crippen molar-refractivity contribution in [2.75, 3.05) is 13.7 Å². The second-order valence-electron chi connectivity index (χ2n) is 7.13. The summed E-state index contributed by atoms with van der Waals surface area (Å²) in [5.41, 5.74) is 6.05. The number of hydrogen-bond acceptors (Lipinski definition) is 5. The number of carbonyl (C=O) groups excluding carboxylic acids is 1. The molecule has 3 heterocycles. The minimum Gasteiger partial charge on any atom is -0.497 e. The Morgan fingerprint density at radius 2 is 1.87 bits per heavy atom. The number of methoxy groups -OCH3 is 1. The quantitative estimate of drug-likeness (QED) is 0.534. The molecule has 0 radical (unpaired) electrons. The molecule has 1 N–H and O–H groups in total. The highest BCUT2D eigenvalue weighted by molar-refractivity contribution is 5.93. The number of aryl methyl sites for hydroxylation is 1. The molecule has 0 aliphatic heterocycles. The van der Waals surface area contributed by atoms with Crippen LogP contribution < -0.4 is 10.1 Å². The number of benzene rings is 1. The van der Waals surface area contributed by atoms with Gasteiger partial charge in [-0.1, -0.05) is 0 Å². The molecule has 154 valence electrons. The van der Waals surface area contributed by atoms with Crippen LogP contribution in [0.15, 0.2) is 42.6 Å². The predicted octanol–water partition coefficient (Wildman–Crippen LogP) is 2.96. The van der Waals surface area contributed by atoms with Gasteiger partial charge in [-0.15, -0.1) is 0 Å². The maximum Gasteiger partial charge on any atom is 0.271 e. The normalized spacial score (nSPS) is 11.1. The van der Waals surface area contributed by atoms with Crippen LogP contribution >= 0.6 is 0 Å². The van der Waals surface area contributed by atoms with Crippen LogP contribution in [0.3, 0.4) is 0 Å². The maximum absolute atomic E-state index is 12.6. The van der Waals surface area contributed by atoms with Crippen molar-refractivity contribution in [3.63, 3.8) is 0 Å². The zero-order valence-corrected chi connectivity index (χ0v) is 17.5. The molecule has 0 fully saturated rings. The third-order valence-corrected chi connectivity index (χ3v) is 5.33. The van der Waals surface area contributed by atoms with Crippen LogP contribution in [0.4, 0.5) is 0 Å². The minimum absolute atomic E-state index is 0.237. The molecule has 0 aliphatic rings. The van der Waals surface area contributed by atoms with E-state index in [1.54, 1.807) is 23.9 Å². The first-order chi connectivity index (χ1) is 14.5. The summed E-state index contributed by atoms with van der Waals surface area (Å²) in [6, 6.07) is 11.2. The van der Waals surface area contributed by atoms with E-state index < -0.39 is 0 Å². The SMILES string of the molecule is COc1ccc(-c2ccnc3cc(C(=O)NCCn4nc(C)c(C)c4C)nn23)cc1. The van der Waals surface area contributed by atoms with Gasteiger partial charge in [-0.05, 0) is 56.7 Å². The Balaban J connectivity index is 1.51. The van der Waals surface area contributed by atoms with E-state index in [4.69, 9.17) is 4.74 Å². The van der Waals surface area contributed by atoms with Crippen LogP contribution in [0.25, 0.3) is 16.9 Å². The summed E-state index contributed by atoms with van der Waals surface area (Å²) in [5, 5.41) is 11.9. The van der Waals surface area contributed by atoms with Crippen molar-refractivity contribution in [3.8, 4) is 17.0 Å². The summed E-state index contributed by atoms with van der Waals surface area (Å²) in [7, 11) is 1.63. The molecule has 0 unspecified atom stereocenters. The van der Waals surface area contributed by atoms with Gasteiger partial charge in [0.25, 0.3) is 5.91 Å². The van der Waals surface area contributed by atoms with E-state index >= 15 is 0 Å². The average Bonchev–Trinajstić information content (AvgIpc) is 3.31. The van der Waals surface area contributed by atoms with E-state index in [2.05, 4.69) is 27.4 Å². The number of aromatic nitrogens is 5. The van der Waals surface area contributed by atoms with E-state index in [0.717, 1.165) is 28.4 Å². The Bertz CT molecular complexity index is 1210. The third kappa shape index (κ3) is 3.63. The first kappa shape index (κ1) is 19.6. The molecule has 0 saturated carbocycles. The van der Waals surface area contributed by atoms with Gasteiger partial charge in [0.1, 0.15) is 5.75 Å². The first-order valence-corrected chi connectivity index (χ1v) is 9.76. The zero-order chi connectivity index (χ0) is 21.3. The molecule has 4 rings (SSSR count). The van der Waals surface area contributed by atoms with Crippen LogP contribution in [-0.4, -0.2) is 43.9 Å². The van der Waals surface area contributed by atoms with Crippen LogP contribution in [0.2, 0.25) is 0 Å². The van der Waals surface area contributed by atoms with Gasteiger partial charge in [-0.2, -0.15) is 10.2 Å². The van der Waals surface area contributed by atoms with Crippen molar-refractivity contribution in [1.82, 2.24) is 29.7 Å². The second-order valence-corrected chi connectivity index (χ2v) is 7.13. The Labute approximate surface area is 174 Å². The summed E-state index contributed by atoms with van der Waals surface area (Å²) in [5.74, 6) is 0.543. The first-order valence-electron chi connectivity index (χ1n) is 9.76. The Hall–Kier alpha value is -3.68. The topological polar surface area (TPSA) is 86.3 Å². The molecular formula is C22H24N6O2. The van der Waals surface area contributed by atoms with Gasteiger partial charge in [0.05, 0.1) is 25.0 Å². The van der Waals surface area contributed by atoms with Crippen LogP contribution in [0.5, 0.6) is 5.75 Å². The highest BCUT2D eigenvalue weighted by Crippen LogP contribution is 2.22. The van der Waals surface area contributed by atoms with Gasteiger partial charge >= 0.3 is 0 Å². The molecule has 0 aliphatic carbocycles. The average molecular weight is 404 g/mol. The van der Waals surface area contributed by atoms with Gasteiger partial charge in [0, 0.05) is 30.1 Å². The zero-order valence-electron chi connectivity index (χ0n) is 17.5. The van der Waals surface area contributed by atoms with Gasteiger partial charge < -0.3 is 10.1 Å². The molecule has 8 nitrogen and oxygen atoms in total. The van der Waals surface area contributed by atoms with Gasteiger partial charge in [0.15, 0.2) is 11.3 Å². The van der Waals surface area contributed by atoms with Crippen molar-refractivity contribution in [2.45, 2.75) is 27.3 Å². The van der Waals surface area contributed by atoms with Gasteiger partial charge in [-0.25, -0.2) is 9.50 Å². The van der Waals surface area contributed by atoms with Crippen molar-refractivity contribution in [2.24, 2.45) is 0 Å². The fourth-order valence-corrected chi connectivity index (χ4v) is 3.36. The summed E-state index contributed by atoms with van der Waals surface area (Å²) in [6.07, 6.45) is 1.71. The highest BCUT2D eigenvalue weighted by Gasteiger charge is 2.14. The second kappa shape index (κ2) is 7.98. The number of carbonyl (C=O) groups is 1. The molecule has 0 saturated heterocycles. The molecule has 1 aromatic carbocycles. The summed E-state index contributed by atoms with van der Waals surface area (Å²) < 4.78 is 8.82. The number of nitrogens with one attached hydrogen (secondary N) is 1. The van der Waals surface area contributed by atoms with Crippen molar-refractivity contribution in [3.05, 3.63) is 65.2 Å². The largest absolute Gasteiger partial charge is 0.497 e. The Morgan fingerprint density at radius 3 is 2.53 bits per heavy atom. The monoisotopic (exact) mass is 404 g/mol. The van der Waals surface area contributed by atoms with E-state index in [-0.39, 0.29) is 5.91 Å². The number of hydrogen-bond donors (Lipinski definition) is 1. The van der Waals surface area contributed by atoms with Crippen LogP contribution in [0, 0.1) is 20.8 Å². The molecule has 1 amide bonds. The van der Waals surface area contributed by atoms with Crippen LogP contribution in [-0.2, 0) is 6.54 Å². The lowest BCUT2D eigenvalue weighted by Crippen LogP contribution is -2.28. The minimum atomic E-state index is -0.237. The van der Waals surface area contributed by atoms with Gasteiger partial charge in [-0.3, -0.25) is 9.48 Å². The highest BCUT2D eigenvalue weighted by atomic mass is 16.5. The van der Waals surface area contributed by atoms with Crippen LogP contribution in [0.1, 0.15) is 27.4 Å². The van der Waals surface area contributed by atoms with E-state index in [1.807, 2.05) is 48.9 Å². The number of fused-ring (bicyclic) bond motifs is 1. The van der Waals surface area contributed by atoms with E-state index in [1.165, 1.54) is 5.56 Å². The molecule has 4 aromatic rings. The standard InChI is InChI=1S/C22H24N6O2/c1-14-15(2)25-27(16(14)3)12-11-24-22(29)19-13-21-23-10-9-20(28(21)26-19)17-5-7-18(30-4)8-6-17/h5-10,13H,11-12H2,1-4H3,(H,24,29).